The van der Waals surface area contributed by atoms with Crippen LogP contribution in [0.2, 0.25) is 0 Å². The second kappa shape index (κ2) is 12.0. The molecule has 204 valence electrons. The van der Waals surface area contributed by atoms with Gasteiger partial charge in [0, 0.05) is 32.1 Å². The summed E-state index contributed by atoms with van der Waals surface area (Å²) in [5.41, 5.74) is 4.92. The van der Waals surface area contributed by atoms with E-state index in [4.69, 9.17) is 5.73 Å². The molecule has 3 N–H and O–H groups in total. The topological polar surface area (TPSA) is 139 Å². The first-order valence-corrected chi connectivity index (χ1v) is 14.1. The molecule has 1 fully saturated rings. The largest absolute Gasteiger partial charge is 0.383 e. The Labute approximate surface area is 216 Å². The number of rotatable bonds is 10. The fourth-order valence-corrected chi connectivity index (χ4v) is 5.88. The highest BCUT2D eigenvalue weighted by molar-refractivity contribution is 7.89. The van der Waals surface area contributed by atoms with Gasteiger partial charge in [0.1, 0.15) is 11.6 Å². The van der Waals surface area contributed by atoms with Gasteiger partial charge in [-0.25, -0.2) is 17.6 Å². The van der Waals surface area contributed by atoms with Crippen molar-refractivity contribution in [2.24, 2.45) is 11.8 Å². The lowest BCUT2D eigenvalue weighted by Gasteiger charge is -2.34. The number of sulfonamides is 1. The van der Waals surface area contributed by atoms with E-state index in [9.17, 15) is 27.2 Å². The lowest BCUT2D eigenvalue weighted by molar-refractivity contribution is -0.123. The Hall–Kier alpha value is -2.99. The van der Waals surface area contributed by atoms with Gasteiger partial charge < -0.3 is 10.6 Å². The number of nitrogen functional groups attached to an aromatic ring is 1. The Kier molecular flexibility index (Phi) is 9.30. The minimum atomic E-state index is -3.83. The molecule has 0 atom stereocenters. The molecule has 0 unspecified atom stereocenters. The van der Waals surface area contributed by atoms with Gasteiger partial charge >= 0.3 is 5.69 Å². The molecule has 1 saturated heterocycles. The van der Waals surface area contributed by atoms with Crippen LogP contribution < -0.4 is 21.9 Å². The van der Waals surface area contributed by atoms with Crippen LogP contribution in [0.3, 0.4) is 0 Å². The molecule has 0 saturated carbocycles. The van der Waals surface area contributed by atoms with E-state index in [0.717, 1.165) is 18.6 Å². The standard InChI is InChI=1S/C25H36FN5O5S/c1-4-5-13-31-22(27)21(23(32)28-25(31)34)30(16-10-17(2)3)24(33)18-11-14-29(15-12-18)37(35,36)20-8-6-19(26)7-9-20/h6-9,17-18H,4-5,10-16,27H2,1-3H3,(H,28,32,34). The number of anilines is 2. The summed E-state index contributed by atoms with van der Waals surface area (Å²) in [4.78, 5) is 42.6. The van der Waals surface area contributed by atoms with Gasteiger partial charge in [0.2, 0.25) is 15.9 Å². The van der Waals surface area contributed by atoms with Crippen LogP contribution in [0.15, 0.2) is 38.8 Å². The number of hydrogen-bond donors (Lipinski definition) is 2. The van der Waals surface area contributed by atoms with Crippen molar-refractivity contribution in [2.75, 3.05) is 30.3 Å². The summed E-state index contributed by atoms with van der Waals surface area (Å²) >= 11 is 0. The normalized spacial score (nSPS) is 15.3. The van der Waals surface area contributed by atoms with Crippen molar-refractivity contribution in [2.45, 2.75) is 64.3 Å². The van der Waals surface area contributed by atoms with Crippen LogP contribution in [-0.4, -0.2) is 47.8 Å². The molecule has 1 aliphatic heterocycles. The summed E-state index contributed by atoms with van der Waals surface area (Å²) in [5, 5.41) is 0. The molecule has 1 aromatic carbocycles. The Morgan fingerprint density at radius 1 is 1.19 bits per heavy atom. The third-order valence-corrected chi connectivity index (χ3v) is 8.58. The predicted octanol–water partition coefficient (Wildman–Crippen LogP) is 2.54. The number of carbonyl (C=O) groups is 1. The van der Waals surface area contributed by atoms with Crippen molar-refractivity contribution in [3.05, 3.63) is 50.9 Å². The minimum absolute atomic E-state index is 0.00844. The highest BCUT2D eigenvalue weighted by Gasteiger charge is 2.35. The first-order valence-electron chi connectivity index (χ1n) is 12.7. The summed E-state index contributed by atoms with van der Waals surface area (Å²) in [5.74, 6) is -1.18. The molecule has 1 aromatic heterocycles. The molecule has 0 radical (unpaired) electrons. The second-order valence-electron chi connectivity index (χ2n) is 9.80. The van der Waals surface area contributed by atoms with Crippen molar-refractivity contribution in [1.82, 2.24) is 13.9 Å². The summed E-state index contributed by atoms with van der Waals surface area (Å²) in [6.07, 6.45) is 2.61. The van der Waals surface area contributed by atoms with Gasteiger partial charge in [-0.2, -0.15) is 4.31 Å². The third-order valence-electron chi connectivity index (χ3n) is 6.67. The second-order valence-corrected chi connectivity index (χ2v) is 11.7. The molecule has 2 aromatic rings. The first kappa shape index (κ1) is 28.6. The van der Waals surface area contributed by atoms with Crippen molar-refractivity contribution >= 4 is 27.4 Å². The van der Waals surface area contributed by atoms with Crippen LogP contribution in [-0.2, 0) is 21.4 Å². The van der Waals surface area contributed by atoms with Gasteiger partial charge in [-0.3, -0.25) is 19.1 Å². The molecule has 37 heavy (non-hydrogen) atoms. The first-order chi connectivity index (χ1) is 17.5. The third kappa shape index (κ3) is 6.48. The number of aromatic nitrogens is 2. The zero-order chi connectivity index (χ0) is 27.3. The molecular weight excluding hydrogens is 501 g/mol. The molecule has 0 spiro atoms. The number of carbonyl (C=O) groups excluding carboxylic acids is 1. The minimum Gasteiger partial charge on any atom is -0.383 e. The van der Waals surface area contributed by atoms with E-state index in [2.05, 4.69) is 4.98 Å². The molecular formula is C25H36FN5O5S. The molecule has 10 nitrogen and oxygen atoms in total. The van der Waals surface area contributed by atoms with Crippen LogP contribution >= 0.6 is 0 Å². The summed E-state index contributed by atoms with van der Waals surface area (Å²) in [6, 6.07) is 4.63. The van der Waals surface area contributed by atoms with Gasteiger partial charge in [0.15, 0.2) is 5.69 Å². The van der Waals surface area contributed by atoms with Crippen molar-refractivity contribution in [3.8, 4) is 0 Å². The number of halogens is 1. The average molecular weight is 538 g/mol. The van der Waals surface area contributed by atoms with Gasteiger partial charge in [-0.1, -0.05) is 27.2 Å². The number of nitrogens with two attached hydrogens (primary N) is 1. The Bertz CT molecular complexity index is 1310. The molecule has 1 aliphatic rings. The summed E-state index contributed by atoms with van der Waals surface area (Å²) < 4.78 is 41.8. The van der Waals surface area contributed by atoms with E-state index in [0.29, 0.717) is 19.4 Å². The van der Waals surface area contributed by atoms with Crippen molar-refractivity contribution in [1.29, 1.82) is 0 Å². The summed E-state index contributed by atoms with van der Waals surface area (Å²) in [6.45, 7) is 6.73. The average Bonchev–Trinajstić information content (AvgIpc) is 2.85. The molecule has 12 heteroatoms. The number of piperidine rings is 1. The van der Waals surface area contributed by atoms with Crippen LogP contribution in [0.1, 0.15) is 52.9 Å². The fourth-order valence-electron chi connectivity index (χ4n) is 4.42. The van der Waals surface area contributed by atoms with Crippen LogP contribution in [0, 0.1) is 17.7 Å². The van der Waals surface area contributed by atoms with Crippen molar-refractivity contribution in [3.63, 3.8) is 0 Å². The highest BCUT2D eigenvalue weighted by atomic mass is 32.2. The Morgan fingerprint density at radius 2 is 1.81 bits per heavy atom. The number of aromatic amines is 1. The number of benzene rings is 1. The number of amides is 1. The molecule has 0 bridgehead atoms. The Balaban J connectivity index is 1.86. The zero-order valence-electron chi connectivity index (χ0n) is 21.6. The van der Waals surface area contributed by atoms with Crippen LogP contribution in [0.25, 0.3) is 0 Å². The maximum atomic E-state index is 13.7. The van der Waals surface area contributed by atoms with E-state index in [-0.39, 0.29) is 60.7 Å². The van der Waals surface area contributed by atoms with E-state index in [1.54, 1.807) is 0 Å². The van der Waals surface area contributed by atoms with Crippen molar-refractivity contribution < 1.29 is 17.6 Å². The Morgan fingerprint density at radius 3 is 2.38 bits per heavy atom. The van der Waals surface area contributed by atoms with Gasteiger partial charge in [-0.05, 0) is 55.9 Å². The number of hydrogen-bond acceptors (Lipinski definition) is 6. The smallest absolute Gasteiger partial charge is 0.330 e. The van der Waals surface area contributed by atoms with E-state index in [1.807, 2.05) is 20.8 Å². The number of unbranched alkanes of at least 4 members (excludes halogenated alkanes) is 1. The molecule has 3 rings (SSSR count). The predicted molar refractivity (Wildman–Crippen MR) is 140 cm³/mol. The fraction of sp³-hybridized carbons (Fsp3) is 0.560. The highest BCUT2D eigenvalue weighted by Crippen LogP contribution is 2.28. The SMILES string of the molecule is CCCCn1c(N)c(N(CCC(C)C)C(=O)C2CCN(S(=O)(=O)c3ccc(F)cc3)CC2)c(=O)[nH]c1=O. The quantitative estimate of drug-likeness (QED) is 0.478. The van der Waals surface area contributed by atoms with Gasteiger partial charge in [0.25, 0.3) is 5.56 Å². The van der Waals surface area contributed by atoms with E-state index >= 15 is 0 Å². The van der Waals surface area contributed by atoms with Gasteiger partial charge in [0.05, 0.1) is 4.90 Å². The van der Waals surface area contributed by atoms with Gasteiger partial charge in [-0.15, -0.1) is 0 Å². The maximum absolute atomic E-state index is 13.7. The van der Waals surface area contributed by atoms with E-state index < -0.39 is 33.0 Å². The molecule has 1 amide bonds. The number of H-pyrrole nitrogens is 1. The molecule has 0 aliphatic carbocycles. The zero-order valence-corrected chi connectivity index (χ0v) is 22.4. The van der Waals surface area contributed by atoms with Crippen LogP contribution in [0.5, 0.6) is 0 Å². The monoisotopic (exact) mass is 537 g/mol. The lowest BCUT2D eigenvalue weighted by Crippen LogP contribution is -2.47. The number of nitrogens with zero attached hydrogens (tertiary/aromatic N) is 3. The maximum Gasteiger partial charge on any atom is 0.330 e. The molecule has 2 heterocycles. The van der Waals surface area contributed by atoms with Crippen LogP contribution in [0.4, 0.5) is 15.9 Å². The van der Waals surface area contributed by atoms with E-state index in [1.165, 1.54) is 25.9 Å². The summed E-state index contributed by atoms with van der Waals surface area (Å²) in [7, 11) is -3.83. The lowest BCUT2D eigenvalue weighted by atomic mass is 9.96. The number of nitrogens with one attached hydrogen (secondary N) is 1.